The van der Waals surface area contributed by atoms with Crippen LogP contribution in [-0.2, 0) is 19.1 Å². The van der Waals surface area contributed by atoms with Crippen molar-refractivity contribution >= 4 is 29.5 Å². The highest BCUT2D eigenvalue weighted by molar-refractivity contribution is 7.98. The van der Waals surface area contributed by atoms with Crippen molar-refractivity contribution < 1.29 is 19.1 Å². The summed E-state index contributed by atoms with van der Waals surface area (Å²) < 4.78 is 5.42. The average molecular weight is 477 g/mol. The summed E-state index contributed by atoms with van der Waals surface area (Å²) in [5.41, 5.74) is 4.59. The normalized spacial score (nSPS) is 27.9. The lowest BCUT2D eigenvalue weighted by molar-refractivity contribution is -0.153. The van der Waals surface area contributed by atoms with Gasteiger partial charge in [0.15, 0.2) is 0 Å². The molecule has 0 radical (unpaired) electrons. The molecular weight excluding hydrogens is 448 g/mol. The van der Waals surface area contributed by atoms with E-state index in [1.54, 1.807) is 16.7 Å². The third-order valence-corrected chi connectivity index (χ3v) is 8.64. The van der Waals surface area contributed by atoms with E-state index in [4.69, 9.17) is 4.74 Å². The van der Waals surface area contributed by atoms with Crippen LogP contribution in [0.4, 0.5) is 0 Å². The van der Waals surface area contributed by atoms with E-state index in [0.717, 1.165) is 22.3 Å². The second-order valence-electron chi connectivity index (χ2n) is 9.55. The summed E-state index contributed by atoms with van der Waals surface area (Å²) in [6, 6.07) is 15.7. The Morgan fingerprint density at radius 2 is 1.38 bits per heavy atom. The number of carbonyl (C=O) groups is 3. The molecule has 7 heteroatoms. The number of carbonyl (C=O) groups excluding carboxylic acids is 3. The molecule has 2 saturated heterocycles. The lowest BCUT2D eigenvalue weighted by Gasteiger charge is -2.45. The van der Waals surface area contributed by atoms with Crippen LogP contribution >= 0.6 is 11.8 Å². The van der Waals surface area contributed by atoms with Gasteiger partial charge in [0.2, 0.25) is 17.7 Å². The van der Waals surface area contributed by atoms with Crippen LogP contribution in [-0.4, -0.2) is 71.9 Å². The van der Waals surface area contributed by atoms with E-state index < -0.39 is 17.9 Å². The van der Waals surface area contributed by atoms with Gasteiger partial charge in [0.25, 0.3) is 0 Å². The smallest absolute Gasteiger partial charge is 0.246 e. The van der Waals surface area contributed by atoms with Gasteiger partial charge in [-0.2, -0.15) is 11.8 Å². The Hall–Kier alpha value is -2.64. The van der Waals surface area contributed by atoms with Gasteiger partial charge in [-0.25, -0.2) is 0 Å². The van der Waals surface area contributed by atoms with Gasteiger partial charge in [0.05, 0.1) is 25.0 Å². The number of amides is 3. The average Bonchev–Trinajstić information content (AvgIpc) is 3.15. The molecule has 0 unspecified atom stereocenters. The quantitative estimate of drug-likeness (QED) is 0.621. The second kappa shape index (κ2) is 8.54. The maximum Gasteiger partial charge on any atom is 0.246 e. The first-order chi connectivity index (χ1) is 16.6. The molecule has 0 N–H and O–H groups in total. The summed E-state index contributed by atoms with van der Waals surface area (Å²) in [5, 5.41) is 0. The van der Waals surface area contributed by atoms with Crippen LogP contribution in [0.3, 0.4) is 0 Å². The molecule has 2 aliphatic heterocycles. The Balaban J connectivity index is 1.42. The highest BCUT2D eigenvalue weighted by Gasteiger charge is 2.63. The van der Waals surface area contributed by atoms with Crippen molar-refractivity contribution in [1.29, 1.82) is 0 Å². The highest BCUT2D eigenvalue weighted by atomic mass is 32.2. The zero-order chi connectivity index (χ0) is 23.4. The van der Waals surface area contributed by atoms with Gasteiger partial charge in [-0.05, 0) is 40.7 Å². The second-order valence-corrected chi connectivity index (χ2v) is 10.5. The molecule has 3 aliphatic carbocycles. The van der Waals surface area contributed by atoms with Crippen molar-refractivity contribution in [3.63, 3.8) is 0 Å². The van der Waals surface area contributed by atoms with E-state index in [0.29, 0.717) is 38.5 Å². The van der Waals surface area contributed by atoms with Gasteiger partial charge in [0.1, 0.15) is 6.04 Å². The number of benzene rings is 2. The molecule has 0 saturated carbocycles. The Bertz CT molecular complexity index is 1050. The van der Waals surface area contributed by atoms with Crippen LogP contribution in [0, 0.1) is 11.8 Å². The van der Waals surface area contributed by atoms with E-state index >= 15 is 0 Å². The first-order valence-corrected chi connectivity index (χ1v) is 13.4. The number of rotatable bonds is 5. The molecule has 0 aromatic heterocycles. The summed E-state index contributed by atoms with van der Waals surface area (Å²) >= 11 is 1.63. The van der Waals surface area contributed by atoms with Crippen molar-refractivity contribution in [3.8, 4) is 0 Å². The van der Waals surface area contributed by atoms with Gasteiger partial charge in [-0.15, -0.1) is 0 Å². The molecule has 176 valence electrons. The minimum atomic E-state index is -0.748. The van der Waals surface area contributed by atoms with Crippen LogP contribution in [0.1, 0.15) is 40.5 Å². The molecule has 7 rings (SSSR count). The zero-order valence-corrected chi connectivity index (χ0v) is 20.0. The fourth-order valence-corrected chi connectivity index (χ4v) is 7.05. The van der Waals surface area contributed by atoms with Gasteiger partial charge in [-0.1, -0.05) is 48.5 Å². The number of hydrogen-bond acceptors (Lipinski definition) is 5. The number of thioether (sulfide) groups is 1. The Morgan fingerprint density at radius 3 is 1.82 bits per heavy atom. The topological polar surface area (TPSA) is 66.9 Å². The van der Waals surface area contributed by atoms with Crippen molar-refractivity contribution in [1.82, 2.24) is 9.80 Å². The number of hydrogen-bond donors (Lipinski definition) is 0. The number of imide groups is 1. The third-order valence-electron chi connectivity index (χ3n) is 8.00. The predicted molar refractivity (Wildman–Crippen MR) is 130 cm³/mol. The fourth-order valence-electron chi connectivity index (χ4n) is 6.59. The molecule has 2 heterocycles. The van der Waals surface area contributed by atoms with Crippen molar-refractivity contribution in [2.75, 3.05) is 38.3 Å². The van der Waals surface area contributed by atoms with Crippen LogP contribution < -0.4 is 0 Å². The third kappa shape index (κ3) is 3.09. The predicted octanol–water partition coefficient (Wildman–Crippen LogP) is 2.86. The minimum absolute atomic E-state index is 0.125. The minimum Gasteiger partial charge on any atom is -0.378 e. The Morgan fingerprint density at radius 1 is 0.912 bits per heavy atom. The zero-order valence-electron chi connectivity index (χ0n) is 19.2. The first kappa shape index (κ1) is 21.9. The van der Waals surface area contributed by atoms with Crippen LogP contribution in [0.5, 0.6) is 0 Å². The summed E-state index contributed by atoms with van der Waals surface area (Å²) in [5.74, 6) is -0.968. The van der Waals surface area contributed by atoms with Crippen LogP contribution in [0.2, 0.25) is 0 Å². The summed E-state index contributed by atoms with van der Waals surface area (Å²) in [6.07, 6.45) is 2.46. The number of likely N-dealkylation sites (tertiary alicyclic amines) is 1. The molecule has 2 aromatic carbocycles. The van der Waals surface area contributed by atoms with E-state index in [9.17, 15) is 14.4 Å². The molecule has 6 nitrogen and oxygen atoms in total. The van der Waals surface area contributed by atoms with E-state index in [1.807, 2.05) is 30.5 Å². The monoisotopic (exact) mass is 476 g/mol. The summed E-state index contributed by atoms with van der Waals surface area (Å²) in [6.45, 7) is 1.98. The van der Waals surface area contributed by atoms with E-state index in [-0.39, 0.29) is 29.6 Å². The number of ether oxygens (including phenoxy) is 1. The standard InChI is InChI=1S/C27H28N2O4S/c1-34-15-10-20(25(30)28-11-13-33-14-12-28)29-26(31)23-21-16-6-2-3-7-17(16)22(24(23)27(29)32)19-9-5-4-8-18(19)21/h2-9,20-24H,10-15H2,1H3/t20-,21?,22?,23-,24-/m1/s1. The number of morpholine rings is 1. The highest BCUT2D eigenvalue weighted by Crippen LogP contribution is 2.61. The van der Waals surface area contributed by atoms with Gasteiger partial charge in [0, 0.05) is 24.9 Å². The van der Waals surface area contributed by atoms with Gasteiger partial charge in [-0.3, -0.25) is 19.3 Å². The van der Waals surface area contributed by atoms with Gasteiger partial charge < -0.3 is 9.64 Å². The Labute approximate surface area is 203 Å². The number of nitrogens with zero attached hydrogens (tertiary/aromatic N) is 2. The molecule has 2 aromatic rings. The van der Waals surface area contributed by atoms with Crippen LogP contribution in [0.25, 0.3) is 0 Å². The first-order valence-electron chi connectivity index (χ1n) is 12.0. The lowest BCUT2D eigenvalue weighted by Crippen LogP contribution is -2.54. The molecule has 3 atom stereocenters. The fraction of sp³-hybridized carbons (Fsp3) is 0.444. The Kier molecular flexibility index (Phi) is 5.49. The molecule has 5 aliphatic rings. The largest absolute Gasteiger partial charge is 0.378 e. The molecule has 2 fully saturated rings. The van der Waals surface area contributed by atoms with Gasteiger partial charge >= 0.3 is 0 Å². The molecular formula is C27H28N2O4S. The van der Waals surface area contributed by atoms with Crippen molar-refractivity contribution in [3.05, 3.63) is 70.8 Å². The SMILES string of the molecule is CSCC[C@H](C(=O)N1CCOCC1)N1C(=O)[C@@H]2C3c4ccccc4C(c4ccccc43)[C@H]2C1=O. The van der Waals surface area contributed by atoms with E-state index in [1.165, 1.54) is 4.90 Å². The summed E-state index contributed by atoms with van der Waals surface area (Å²) in [7, 11) is 0. The van der Waals surface area contributed by atoms with Crippen molar-refractivity contribution in [2.24, 2.45) is 11.8 Å². The molecule has 34 heavy (non-hydrogen) atoms. The maximum absolute atomic E-state index is 14.1. The molecule has 3 amide bonds. The lowest BCUT2D eigenvalue weighted by atomic mass is 9.55. The van der Waals surface area contributed by atoms with Crippen molar-refractivity contribution in [2.45, 2.75) is 24.3 Å². The van der Waals surface area contributed by atoms with E-state index in [2.05, 4.69) is 24.3 Å². The summed E-state index contributed by atoms with van der Waals surface area (Å²) in [4.78, 5) is 44.8. The molecule has 0 spiro atoms. The molecule has 2 bridgehead atoms. The maximum atomic E-state index is 14.1. The van der Waals surface area contributed by atoms with Crippen LogP contribution in [0.15, 0.2) is 48.5 Å².